The molecule has 1 aromatic heterocycles. The number of halogens is 4. The number of nitrogens with one attached hydrogen (secondary N) is 1. The second-order valence-corrected chi connectivity index (χ2v) is 5.96. The van der Waals surface area contributed by atoms with Crippen molar-refractivity contribution in [3.8, 4) is 5.69 Å². The Morgan fingerprint density at radius 3 is 2.65 bits per heavy atom. The minimum Gasteiger partial charge on any atom is -0.271 e. The van der Waals surface area contributed by atoms with Gasteiger partial charge < -0.3 is 0 Å². The van der Waals surface area contributed by atoms with Gasteiger partial charge >= 0.3 is 6.18 Å². The van der Waals surface area contributed by atoms with Crippen LogP contribution in [0.25, 0.3) is 5.69 Å². The molecule has 3 rings (SSSR count). The van der Waals surface area contributed by atoms with Crippen LogP contribution in [0.15, 0.2) is 22.7 Å². The molecule has 0 atom stereocenters. The van der Waals surface area contributed by atoms with Gasteiger partial charge in [0.05, 0.1) is 11.3 Å². The standard InChI is InChI=1S/C12H9BrF3N3S/c13-7-3-4-9(8(5-7)12(14,15)16)19-10(6-1-2-6)17-18-11(19)20/h3-6H,1-2H2,(H,18,20). The summed E-state index contributed by atoms with van der Waals surface area (Å²) in [5.74, 6) is 0.760. The van der Waals surface area contributed by atoms with Crippen LogP contribution in [0.1, 0.15) is 30.1 Å². The number of rotatable bonds is 2. The van der Waals surface area contributed by atoms with E-state index in [9.17, 15) is 13.2 Å². The number of benzene rings is 1. The molecule has 1 aliphatic rings. The van der Waals surface area contributed by atoms with Crippen LogP contribution in [0.4, 0.5) is 13.2 Å². The minimum atomic E-state index is -4.45. The first-order valence-electron chi connectivity index (χ1n) is 5.92. The first-order chi connectivity index (χ1) is 9.38. The summed E-state index contributed by atoms with van der Waals surface area (Å²) in [5.41, 5.74) is -0.715. The van der Waals surface area contributed by atoms with Gasteiger partial charge in [0, 0.05) is 10.4 Å². The van der Waals surface area contributed by atoms with Gasteiger partial charge in [-0.2, -0.15) is 18.3 Å². The van der Waals surface area contributed by atoms with E-state index >= 15 is 0 Å². The smallest absolute Gasteiger partial charge is 0.271 e. The van der Waals surface area contributed by atoms with E-state index in [0.717, 1.165) is 18.9 Å². The van der Waals surface area contributed by atoms with Gasteiger partial charge in [-0.3, -0.25) is 9.67 Å². The molecule has 1 fully saturated rings. The second kappa shape index (κ2) is 4.70. The van der Waals surface area contributed by atoms with Crippen LogP contribution in [0.5, 0.6) is 0 Å². The molecule has 0 amide bonds. The van der Waals surface area contributed by atoms with E-state index in [1.54, 1.807) is 6.07 Å². The van der Waals surface area contributed by atoms with Gasteiger partial charge in [-0.1, -0.05) is 15.9 Å². The van der Waals surface area contributed by atoms with Gasteiger partial charge in [-0.05, 0) is 43.3 Å². The normalized spacial score (nSPS) is 15.6. The first kappa shape index (κ1) is 13.8. The summed E-state index contributed by atoms with van der Waals surface area (Å²) in [6, 6.07) is 4.03. The van der Waals surface area contributed by atoms with Crippen molar-refractivity contribution in [1.29, 1.82) is 0 Å². The Balaban J connectivity index is 2.25. The molecule has 2 aromatic rings. The molecule has 0 radical (unpaired) electrons. The van der Waals surface area contributed by atoms with Gasteiger partial charge in [0.25, 0.3) is 0 Å². The maximum Gasteiger partial charge on any atom is 0.418 e. The van der Waals surface area contributed by atoms with Crippen LogP contribution in [-0.4, -0.2) is 14.8 Å². The van der Waals surface area contributed by atoms with Crippen molar-refractivity contribution < 1.29 is 13.2 Å². The number of hydrogen-bond donors (Lipinski definition) is 1. The highest BCUT2D eigenvalue weighted by Crippen LogP contribution is 2.42. The molecule has 0 spiro atoms. The van der Waals surface area contributed by atoms with Crippen molar-refractivity contribution in [2.45, 2.75) is 24.9 Å². The Labute approximate surface area is 125 Å². The largest absolute Gasteiger partial charge is 0.418 e. The Morgan fingerprint density at radius 2 is 2.05 bits per heavy atom. The zero-order valence-corrected chi connectivity index (χ0v) is 12.4. The highest BCUT2D eigenvalue weighted by molar-refractivity contribution is 9.10. The zero-order valence-electron chi connectivity index (χ0n) is 10.0. The van der Waals surface area contributed by atoms with E-state index < -0.39 is 11.7 Å². The number of alkyl halides is 3. The van der Waals surface area contributed by atoms with Gasteiger partial charge in [0.15, 0.2) is 4.77 Å². The third kappa shape index (κ3) is 2.42. The third-order valence-corrected chi connectivity index (χ3v) is 3.91. The molecule has 3 nitrogen and oxygen atoms in total. The summed E-state index contributed by atoms with van der Waals surface area (Å²) in [6.45, 7) is 0. The summed E-state index contributed by atoms with van der Waals surface area (Å²) >= 11 is 8.15. The van der Waals surface area contributed by atoms with Crippen molar-refractivity contribution in [2.24, 2.45) is 0 Å². The van der Waals surface area contributed by atoms with Crippen LogP contribution >= 0.6 is 28.1 Å². The Morgan fingerprint density at radius 1 is 1.35 bits per heavy atom. The van der Waals surface area contributed by atoms with Gasteiger partial charge in [0.1, 0.15) is 5.82 Å². The van der Waals surface area contributed by atoms with Crippen molar-refractivity contribution in [3.05, 3.63) is 38.8 Å². The monoisotopic (exact) mass is 363 g/mol. The SMILES string of the molecule is FC(F)(F)c1cc(Br)ccc1-n1c(C2CC2)n[nH]c1=S. The van der Waals surface area contributed by atoms with Crippen molar-refractivity contribution in [1.82, 2.24) is 14.8 Å². The molecular formula is C12H9BrF3N3S. The molecule has 1 aromatic carbocycles. The van der Waals surface area contributed by atoms with E-state index in [0.29, 0.717) is 10.3 Å². The van der Waals surface area contributed by atoms with E-state index in [1.165, 1.54) is 10.6 Å². The lowest BCUT2D eigenvalue weighted by Crippen LogP contribution is -2.12. The van der Waals surface area contributed by atoms with E-state index in [4.69, 9.17) is 12.2 Å². The molecule has 8 heteroatoms. The fourth-order valence-electron chi connectivity index (χ4n) is 2.09. The molecule has 1 aliphatic carbocycles. The Hall–Kier alpha value is -1.15. The summed E-state index contributed by atoms with van der Waals surface area (Å²) in [6.07, 6.45) is -2.60. The average Bonchev–Trinajstić information content (AvgIpc) is 3.13. The number of aromatic amines is 1. The zero-order chi connectivity index (χ0) is 14.5. The van der Waals surface area contributed by atoms with Crippen molar-refractivity contribution >= 4 is 28.1 Å². The number of H-pyrrole nitrogens is 1. The van der Waals surface area contributed by atoms with E-state index in [1.807, 2.05) is 0 Å². The van der Waals surface area contributed by atoms with Crippen molar-refractivity contribution in [2.75, 3.05) is 0 Å². The van der Waals surface area contributed by atoms with Crippen LogP contribution in [0.3, 0.4) is 0 Å². The maximum atomic E-state index is 13.2. The van der Waals surface area contributed by atoms with Gasteiger partial charge in [-0.25, -0.2) is 0 Å². The summed E-state index contributed by atoms with van der Waals surface area (Å²) in [7, 11) is 0. The van der Waals surface area contributed by atoms with Gasteiger partial charge in [0.2, 0.25) is 0 Å². The molecule has 20 heavy (non-hydrogen) atoms. The summed E-state index contributed by atoms with van der Waals surface area (Å²) in [4.78, 5) is 0. The number of nitrogens with zero attached hydrogens (tertiary/aromatic N) is 2. The van der Waals surface area contributed by atoms with Crippen LogP contribution in [-0.2, 0) is 6.18 Å². The lowest BCUT2D eigenvalue weighted by atomic mass is 10.1. The second-order valence-electron chi connectivity index (χ2n) is 4.66. The average molecular weight is 364 g/mol. The highest BCUT2D eigenvalue weighted by atomic mass is 79.9. The van der Waals surface area contributed by atoms with Gasteiger partial charge in [-0.15, -0.1) is 0 Å². The minimum absolute atomic E-state index is 0.0151. The molecule has 0 bridgehead atoms. The third-order valence-electron chi connectivity index (χ3n) is 3.15. The predicted molar refractivity (Wildman–Crippen MR) is 73.4 cm³/mol. The van der Waals surface area contributed by atoms with E-state index in [2.05, 4.69) is 26.1 Å². The lowest BCUT2D eigenvalue weighted by Gasteiger charge is -2.15. The molecule has 0 saturated heterocycles. The Bertz CT molecular complexity index is 715. The summed E-state index contributed by atoms with van der Waals surface area (Å²) in [5, 5.41) is 6.65. The predicted octanol–water partition coefficient (Wildman–Crippen LogP) is 4.59. The summed E-state index contributed by atoms with van der Waals surface area (Å²) < 4.78 is 41.5. The highest BCUT2D eigenvalue weighted by Gasteiger charge is 2.36. The van der Waals surface area contributed by atoms with Crippen molar-refractivity contribution in [3.63, 3.8) is 0 Å². The van der Waals surface area contributed by atoms with E-state index in [-0.39, 0.29) is 16.4 Å². The topological polar surface area (TPSA) is 33.6 Å². The quantitative estimate of drug-likeness (QED) is 0.791. The van der Waals surface area contributed by atoms with Crippen LogP contribution in [0, 0.1) is 4.77 Å². The Kier molecular flexibility index (Phi) is 3.24. The lowest BCUT2D eigenvalue weighted by molar-refractivity contribution is -0.137. The molecule has 106 valence electrons. The number of hydrogen-bond acceptors (Lipinski definition) is 2. The number of aromatic nitrogens is 3. The molecule has 0 unspecified atom stereocenters. The fourth-order valence-corrected chi connectivity index (χ4v) is 2.69. The fraction of sp³-hybridized carbons (Fsp3) is 0.333. The molecule has 1 N–H and O–H groups in total. The van der Waals surface area contributed by atoms with Crippen LogP contribution in [0.2, 0.25) is 0 Å². The first-order valence-corrected chi connectivity index (χ1v) is 7.12. The molecular weight excluding hydrogens is 355 g/mol. The molecule has 1 saturated carbocycles. The maximum absolute atomic E-state index is 13.2. The molecule has 1 heterocycles. The molecule has 0 aliphatic heterocycles. The van der Waals surface area contributed by atoms with Crippen LogP contribution < -0.4 is 0 Å².